The van der Waals surface area contributed by atoms with E-state index < -0.39 is 63.6 Å². The topological polar surface area (TPSA) is 354 Å². The van der Waals surface area contributed by atoms with Crippen LogP contribution in [0.15, 0.2) is 144 Å². The number of hydrogen-bond acceptors (Lipinski definition) is 20. The number of benzene rings is 7. The van der Waals surface area contributed by atoms with E-state index in [-0.39, 0.29) is 121 Å². The Labute approximate surface area is 422 Å². The number of aromatic hydroxyl groups is 2. The van der Waals surface area contributed by atoms with Gasteiger partial charge in [-0.1, -0.05) is 24.3 Å². The van der Waals surface area contributed by atoms with Crippen molar-refractivity contribution >= 4 is 93.2 Å². The number of anilines is 1. The number of carbonyl (C=O) groups is 1. The van der Waals surface area contributed by atoms with Gasteiger partial charge in [-0.25, -0.2) is 8.42 Å². The third-order valence-corrected chi connectivity index (χ3v) is 11.3. The third kappa shape index (κ3) is 10.9. The summed E-state index contributed by atoms with van der Waals surface area (Å²) in [5.74, 6) is -2.49. The Morgan fingerprint density at radius 3 is 1.76 bits per heavy atom. The van der Waals surface area contributed by atoms with Crippen LogP contribution in [-0.4, -0.2) is 61.3 Å². The van der Waals surface area contributed by atoms with Crippen LogP contribution in [0.1, 0.15) is 10.4 Å². The van der Waals surface area contributed by atoms with E-state index in [1.807, 2.05) is 0 Å². The summed E-state index contributed by atoms with van der Waals surface area (Å²) in [4.78, 5) is 20.7. The van der Waals surface area contributed by atoms with Gasteiger partial charge in [-0.3, -0.25) is 14.7 Å². The van der Waals surface area contributed by atoms with Gasteiger partial charge in [-0.15, -0.1) is 30.7 Å². The monoisotopic (exact) mass is 966 g/mol. The van der Waals surface area contributed by atoms with E-state index in [1.54, 1.807) is 30.3 Å². The molecule has 0 aromatic heterocycles. The Balaban J connectivity index is 0.00000420. The number of carbonyl (C=O) groups excluding carboxylic acids is 1. The summed E-state index contributed by atoms with van der Waals surface area (Å²) < 4.78 is 81.3. The molecule has 0 fully saturated rings. The predicted molar refractivity (Wildman–Crippen MR) is 228 cm³/mol. The number of carboxylic acids is 1. The Kier molecular flexibility index (Phi) is 15.8. The second-order valence-corrected chi connectivity index (χ2v) is 16.3. The Morgan fingerprint density at radius 1 is 0.657 bits per heavy atom. The summed E-state index contributed by atoms with van der Waals surface area (Å²) in [6.45, 7) is 0. The summed E-state index contributed by atoms with van der Waals surface area (Å²) in [5, 5.41) is 69.4. The molecule has 22 nitrogen and oxygen atoms in total. The van der Waals surface area contributed by atoms with Crippen molar-refractivity contribution in [3.05, 3.63) is 119 Å². The molecule has 0 aliphatic heterocycles. The number of methoxy groups -OCH3 is 2. The predicted octanol–water partition coefficient (Wildman–Crippen LogP) is 2.35. The molecule has 0 aliphatic carbocycles. The molecule has 0 spiro atoms. The summed E-state index contributed by atoms with van der Waals surface area (Å²) in [5.41, 5.74) is 4.81. The van der Waals surface area contributed by atoms with Gasteiger partial charge < -0.3 is 39.9 Å². The number of nitro benzene ring substituents is 1. The number of fused-ring (bicyclic) bond motifs is 2. The number of phenols is 2. The van der Waals surface area contributed by atoms with Crippen molar-refractivity contribution in [2.24, 2.45) is 30.7 Å². The summed E-state index contributed by atoms with van der Waals surface area (Å²) in [7, 11) is -7.17. The molecule has 0 aliphatic rings. The van der Waals surface area contributed by atoms with Crippen LogP contribution in [0.2, 0.25) is 0 Å². The molecule has 330 valence electrons. The van der Waals surface area contributed by atoms with E-state index in [0.717, 1.165) is 30.3 Å². The van der Waals surface area contributed by atoms with Gasteiger partial charge in [-0.2, -0.15) is 8.42 Å². The number of ether oxygens (including phenoxy) is 2. The number of nitrogen functional groups attached to an aromatic ring is 1. The maximum absolute atomic E-state index is 12.7. The Bertz CT molecular complexity index is 3480. The molecule has 0 atom stereocenters. The minimum absolute atomic E-state index is 0. The molecule has 0 heterocycles. The van der Waals surface area contributed by atoms with E-state index in [2.05, 4.69) is 30.7 Å². The first kappa shape index (κ1) is 51.5. The fraction of sp³-hybridized carbons (Fsp3) is 0.0488. The smallest absolute Gasteiger partial charge is 0.744 e. The van der Waals surface area contributed by atoms with Gasteiger partial charge >= 0.3 is 59.1 Å². The fourth-order valence-corrected chi connectivity index (χ4v) is 7.60. The SMILES string of the molecule is COc1cc(-c2ccc(N=Nc3c(O)ccc4cc(S(=O)(=O)[O-])ccc34)c(OC)c2)ccc1N=Nc1c(S(=O)(=O)O)cc2c(N=Nc3ccc([N+](=O)[O-])cc3C(=O)[O-])c(N)ccc2c1O.[Na+].[Na+]. The van der Waals surface area contributed by atoms with Crippen molar-refractivity contribution in [1.29, 1.82) is 0 Å². The van der Waals surface area contributed by atoms with Crippen molar-refractivity contribution in [2.75, 3.05) is 20.0 Å². The van der Waals surface area contributed by atoms with E-state index in [4.69, 9.17) is 15.2 Å². The molecule has 0 saturated carbocycles. The van der Waals surface area contributed by atoms with Crippen LogP contribution in [0.25, 0.3) is 32.7 Å². The molecule has 0 amide bonds. The van der Waals surface area contributed by atoms with Gasteiger partial charge in [0.2, 0.25) is 0 Å². The molecule has 7 aromatic rings. The van der Waals surface area contributed by atoms with Crippen LogP contribution in [0, 0.1) is 10.1 Å². The first-order chi connectivity index (χ1) is 30.8. The number of phenolic OH excluding ortho intramolecular Hbond substituents is 2. The first-order valence-electron chi connectivity index (χ1n) is 18.2. The molecule has 0 radical (unpaired) electrons. The Hall–Kier alpha value is -6.45. The minimum Gasteiger partial charge on any atom is -0.744 e. The number of nitrogens with two attached hydrogens (primary N) is 1. The van der Waals surface area contributed by atoms with Gasteiger partial charge in [0.05, 0.1) is 41.4 Å². The van der Waals surface area contributed by atoms with Gasteiger partial charge in [0.15, 0.2) is 5.75 Å². The Morgan fingerprint density at radius 2 is 1.21 bits per heavy atom. The average molecular weight is 967 g/mol. The zero-order valence-electron chi connectivity index (χ0n) is 35.2. The molecule has 0 bridgehead atoms. The van der Waals surface area contributed by atoms with Gasteiger partial charge in [0, 0.05) is 33.9 Å². The van der Waals surface area contributed by atoms with E-state index in [9.17, 15) is 56.2 Å². The summed E-state index contributed by atoms with van der Waals surface area (Å²) >= 11 is 0. The van der Waals surface area contributed by atoms with Gasteiger partial charge in [0.25, 0.3) is 15.8 Å². The summed E-state index contributed by atoms with van der Waals surface area (Å²) in [6.07, 6.45) is 0. The largest absolute Gasteiger partial charge is 1.00 e. The van der Waals surface area contributed by atoms with Crippen molar-refractivity contribution < 1.29 is 120 Å². The number of carboxylic acid groups (broad SMARTS) is 1. The first-order valence-corrected chi connectivity index (χ1v) is 21.0. The molecular weight excluding hydrogens is 939 g/mol. The number of non-ortho nitro benzene ring substituents is 1. The number of azo groups is 3. The van der Waals surface area contributed by atoms with Gasteiger partial charge in [-0.05, 0) is 83.2 Å². The second-order valence-electron chi connectivity index (χ2n) is 13.5. The molecule has 67 heavy (non-hydrogen) atoms. The maximum Gasteiger partial charge on any atom is 1.00 e. The second kappa shape index (κ2) is 20.6. The number of nitro groups is 1. The quantitative estimate of drug-likeness (QED) is 0.0322. The van der Waals surface area contributed by atoms with Crippen LogP contribution < -0.4 is 79.4 Å². The molecule has 7 aromatic carbocycles. The molecular formula is C41H28N8Na2O14S2. The molecule has 0 saturated heterocycles. The number of rotatable bonds is 13. The van der Waals surface area contributed by atoms with Crippen LogP contribution >= 0.6 is 0 Å². The van der Waals surface area contributed by atoms with Crippen molar-refractivity contribution in [1.82, 2.24) is 0 Å². The fourth-order valence-electron chi connectivity index (χ4n) is 6.45. The zero-order chi connectivity index (χ0) is 47.0. The van der Waals surface area contributed by atoms with E-state index in [1.165, 1.54) is 50.6 Å². The van der Waals surface area contributed by atoms with Crippen LogP contribution in [0.5, 0.6) is 23.0 Å². The van der Waals surface area contributed by atoms with Crippen LogP contribution in [0.4, 0.5) is 45.5 Å². The zero-order valence-corrected chi connectivity index (χ0v) is 40.8. The van der Waals surface area contributed by atoms with E-state index in [0.29, 0.717) is 28.0 Å². The maximum atomic E-state index is 12.7. The standard InChI is InChI=1S/C41H30N8O14S2.2Na/c1-62-34-16-20(3-11-31(34)44-47-38-25-8-7-24(64(56,57)58)15-22(25)5-14-33(38)50)21-4-12-32(35(17-21)63-2)45-48-39-36(65(59,60)61)19-27-26(40(39)51)9-10-29(42)37(27)46-43-30-13-6-23(49(54)55)18-28(30)41(52)53;;/h3-19,50-51H,42H2,1-2H3,(H,52,53)(H,56,57,58)(H,59,60,61);;/q;2*+1/p-2. The molecule has 7 rings (SSSR count). The average Bonchev–Trinajstić information content (AvgIpc) is 3.26. The van der Waals surface area contributed by atoms with Crippen molar-refractivity contribution in [3.63, 3.8) is 0 Å². The van der Waals surface area contributed by atoms with Crippen molar-refractivity contribution in [2.45, 2.75) is 9.79 Å². The van der Waals surface area contributed by atoms with Crippen LogP contribution in [-0.2, 0) is 20.2 Å². The number of nitrogens with zero attached hydrogens (tertiary/aromatic N) is 7. The number of hydrogen-bond donors (Lipinski definition) is 4. The van der Waals surface area contributed by atoms with Gasteiger partial charge in [0.1, 0.15) is 60.7 Å². The summed E-state index contributed by atoms with van der Waals surface area (Å²) in [6, 6.07) is 21.9. The third-order valence-electron chi connectivity index (χ3n) is 9.62. The van der Waals surface area contributed by atoms with E-state index >= 15 is 0 Å². The normalized spacial score (nSPS) is 11.8. The molecule has 26 heteroatoms. The van der Waals surface area contributed by atoms with Crippen LogP contribution in [0.3, 0.4) is 0 Å². The molecule has 0 unspecified atom stereocenters. The van der Waals surface area contributed by atoms with Crippen molar-refractivity contribution in [3.8, 4) is 34.1 Å². The molecule has 5 N–H and O–H groups in total. The minimum atomic E-state index is -5.16. The number of aromatic carboxylic acids is 1.